The van der Waals surface area contributed by atoms with Crippen molar-refractivity contribution in [2.24, 2.45) is 0 Å². The number of benzene rings is 2. The van der Waals surface area contributed by atoms with Gasteiger partial charge in [0.2, 0.25) is 5.13 Å². The van der Waals surface area contributed by atoms with Crippen molar-refractivity contribution in [3.05, 3.63) is 59.1 Å². The van der Waals surface area contributed by atoms with Gasteiger partial charge in [-0.3, -0.25) is 9.69 Å². The Morgan fingerprint density at radius 1 is 1.07 bits per heavy atom. The highest BCUT2D eigenvalue weighted by Gasteiger charge is 2.20. The van der Waals surface area contributed by atoms with Crippen LogP contribution >= 0.6 is 22.9 Å². The lowest BCUT2D eigenvalue weighted by atomic mass is 9.87. The number of nitrogens with zero attached hydrogens (tertiary/aromatic N) is 3. The van der Waals surface area contributed by atoms with Gasteiger partial charge in [0.15, 0.2) is 6.61 Å². The molecule has 1 heterocycles. The minimum Gasteiger partial charge on any atom is -0.484 e. The van der Waals surface area contributed by atoms with Gasteiger partial charge >= 0.3 is 0 Å². The van der Waals surface area contributed by atoms with Crippen LogP contribution in [0.25, 0.3) is 10.6 Å². The molecule has 0 saturated heterocycles. The number of halogens is 1. The number of hydrogen-bond acceptors (Lipinski definition) is 5. The normalized spacial score (nSPS) is 11.3. The maximum atomic E-state index is 12.6. The zero-order chi connectivity index (χ0) is 21.0. The molecule has 0 N–H and O–H groups in total. The molecule has 0 unspecified atom stereocenters. The van der Waals surface area contributed by atoms with Crippen LogP contribution in [0.5, 0.6) is 5.75 Å². The molecule has 3 rings (SSSR count). The summed E-state index contributed by atoms with van der Waals surface area (Å²) in [7, 11) is 0. The van der Waals surface area contributed by atoms with Crippen molar-refractivity contribution in [1.82, 2.24) is 10.2 Å². The van der Waals surface area contributed by atoms with Crippen molar-refractivity contribution in [1.29, 1.82) is 0 Å². The van der Waals surface area contributed by atoms with E-state index in [9.17, 15) is 4.79 Å². The number of carbonyl (C=O) groups is 1. The third kappa shape index (κ3) is 5.34. The molecule has 152 valence electrons. The molecular formula is C22H24ClN3O2S. The van der Waals surface area contributed by atoms with Crippen molar-refractivity contribution in [2.75, 3.05) is 18.1 Å². The summed E-state index contributed by atoms with van der Waals surface area (Å²) >= 11 is 7.26. The molecule has 0 radical (unpaired) electrons. The van der Waals surface area contributed by atoms with Crippen molar-refractivity contribution in [3.63, 3.8) is 0 Å². The molecule has 0 saturated carbocycles. The highest BCUT2D eigenvalue weighted by Crippen LogP contribution is 2.31. The van der Waals surface area contributed by atoms with Crippen LogP contribution in [0.4, 0.5) is 5.13 Å². The first-order valence-electron chi connectivity index (χ1n) is 9.41. The quantitative estimate of drug-likeness (QED) is 0.512. The van der Waals surface area contributed by atoms with Gasteiger partial charge in [0.25, 0.3) is 5.91 Å². The fraction of sp³-hybridized carbons (Fsp3) is 0.318. The second-order valence-electron chi connectivity index (χ2n) is 7.60. The maximum absolute atomic E-state index is 12.6. The van der Waals surface area contributed by atoms with Gasteiger partial charge in [-0.1, -0.05) is 68.0 Å². The van der Waals surface area contributed by atoms with Crippen LogP contribution in [-0.4, -0.2) is 29.3 Å². The first kappa shape index (κ1) is 21.3. The van der Waals surface area contributed by atoms with Crippen molar-refractivity contribution in [3.8, 4) is 16.3 Å². The Bertz CT molecular complexity index is 963. The summed E-state index contributed by atoms with van der Waals surface area (Å²) in [4.78, 5) is 14.2. The van der Waals surface area contributed by atoms with Gasteiger partial charge < -0.3 is 4.74 Å². The Morgan fingerprint density at radius 3 is 2.31 bits per heavy atom. The number of rotatable bonds is 6. The molecule has 0 bridgehead atoms. The molecule has 0 atom stereocenters. The molecule has 7 heteroatoms. The fourth-order valence-electron chi connectivity index (χ4n) is 2.73. The largest absolute Gasteiger partial charge is 0.484 e. The number of carbonyl (C=O) groups excluding carboxylic acids is 1. The standard InChI is InChI=1S/C22H24ClN3O2S/c1-5-26(19(27)14-28-18-12-10-17(23)11-13-18)21-25-24-20(29-21)15-6-8-16(9-7-15)22(2,3)4/h6-13H,5,14H2,1-4H3. The van der Waals surface area contributed by atoms with E-state index < -0.39 is 0 Å². The van der Waals surface area contributed by atoms with Crippen LogP contribution < -0.4 is 9.64 Å². The predicted octanol–water partition coefficient (Wildman–Crippen LogP) is 5.59. The van der Waals surface area contributed by atoms with E-state index in [1.807, 2.05) is 19.1 Å². The molecule has 1 aromatic heterocycles. The predicted molar refractivity (Wildman–Crippen MR) is 119 cm³/mol. The highest BCUT2D eigenvalue weighted by atomic mass is 35.5. The Hall–Kier alpha value is -2.44. The van der Waals surface area contributed by atoms with Crippen molar-refractivity contribution >= 4 is 34.0 Å². The molecule has 5 nitrogen and oxygen atoms in total. The van der Waals surface area contributed by atoms with E-state index in [1.54, 1.807) is 29.2 Å². The van der Waals surface area contributed by atoms with Gasteiger partial charge in [-0.15, -0.1) is 10.2 Å². The second kappa shape index (κ2) is 8.93. The van der Waals surface area contributed by atoms with Crippen molar-refractivity contribution in [2.45, 2.75) is 33.1 Å². The van der Waals surface area contributed by atoms with Crippen LogP contribution in [-0.2, 0) is 10.2 Å². The maximum Gasteiger partial charge on any atom is 0.266 e. The van der Waals surface area contributed by atoms with Gasteiger partial charge in [0.05, 0.1) is 0 Å². The average Bonchev–Trinajstić information content (AvgIpc) is 3.17. The molecule has 2 aromatic carbocycles. The molecule has 1 amide bonds. The summed E-state index contributed by atoms with van der Waals surface area (Å²) < 4.78 is 5.57. The van der Waals surface area contributed by atoms with E-state index in [0.29, 0.717) is 22.4 Å². The molecule has 0 fully saturated rings. The lowest BCUT2D eigenvalue weighted by Gasteiger charge is -2.18. The Balaban J connectivity index is 1.69. The zero-order valence-corrected chi connectivity index (χ0v) is 18.5. The molecule has 0 aliphatic carbocycles. The van der Waals surface area contributed by atoms with E-state index in [1.165, 1.54) is 16.9 Å². The van der Waals surface area contributed by atoms with Gasteiger partial charge in [-0.05, 0) is 42.2 Å². The summed E-state index contributed by atoms with van der Waals surface area (Å²) in [5.74, 6) is 0.420. The number of anilines is 1. The lowest BCUT2D eigenvalue weighted by Crippen LogP contribution is -2.34. The van der Waals surface area contributed by atoms with E-state index >= 15 is 0 Å². The highest BCUT2D eigenvalue weighted by molar-refractivity contribution is 7.18. The van der Waals surface area contributed by atoms with Crippen LogP contribution in [0.3, 0.4) is 0 Å². The van der Waals surface area contributed by atoms with E-state index in [0.717, 1.165) is 10.6 Å². The lowest BCUT2D eigenvalue weighted by molar-refractivity contribution is -0.120. The van der Waals surface area contributed by atoms with E-state index in [2.05, 4.69) is 43.1 Å². The topological polar surface area (TPSA) is 55.3 Å². The summed E-state index contributed by atoms with van der Waals surface area (Å²) in [5.41, 5.74) is 2.35. The third-order valence-electron chi connectivity index (χ3n) is 4.44. The number of hydrogen-bond donors (Lipinski definition) is 0. The molecule has 0 aliphatic heterocycles. The molecule has 0 spiro atoms. The number of amides is 1. The first-order valence-corrected chi connectivity index (χ1v) is 10.6. The molecule has 3 aromatic rings. The monoisotopic (exact) mass is 429 g/mol. The smallest absolute Gasteiger partial charge is 0.266 e. The van der Waals surface area contributed by atoms with Gasteiger partial charge in [0, 0.05) is 17.1 Å². The first-order chi connectivity index (χ1) is 13.8. The summed E-state index contributed by atoms with van der Waals surface area (Å²) in [6, 6.07) is 15.2. The summed E-state index contributed by atoms with van der Waals surface area (Å²) in [6.07, 6.45) is 0. The number of aromatic nitrogens is 2. The summed E-state index contributed by atoms with van der Waals surface area (Å²) in [6.45, 7) is 8.86. The summed E-state index contributed by atoms with van der Waals surface area (Å²) in [5, 5.41) is 10.5. The van der Waals surface area contributed by atoms with Gasteiger partial charge in [0.1, 0.15) is 10.8 Å². The van der Waals surface area contributed by atoms with E-state index in [-0.39, 0.29) is 17.9 Å². The average molecular weight is 430 g/mol. The Labute approximate surface area is 180 Å². The van der Waals surface area contributed by atoms with Crippen molar-refractivity contribution < 1.29 is 9.53 Å². The van der Waals surface area contributed by atoms with Crippen LogP contribution in [0.1, 0.15) is 33.3 Å². The van der Waals surface area contributed by atoms with E-state index in [4.69, 9.17) is 16.3 Å². The zero-order valence-electron chi connectivity index (χ0n) is 17.0. The van der Waals surface area contributed by atoms with Crippen LogP contribution in [0, 0.1) is 0 Å². The Morgan fingerprint density at radius 2 is 1.72 bits per heavy atom. The number of likely N-dealkylation sites (N-methyl/N-ethyl adjacent to an activating group) is 1. The second-order valence-corrected chi connectivity index (χ2v) is 8.99. The molecule has 0 aliphatic rings. The minimum absolute atomic E-state index is 0.0787. The Kier molecular flexibility index (Phi) is 6.55. The van der Waals surface area contributed by atoms with Gasteiger partial charge in [-0.25, -0.2) is 0 Å². The molecular weight excluding hydrogens is 406 g/mol. The fourth-order valence-corrected chi connectivity index (χ4v) is 3.78. The minimum atomic E-state index is -0.173. The van der Waals surface area contributed by atoms with Crippen LogP contribution in [0.15, 0.2) is 48.5 Å². The SMILES string of the molecule is CCN(C(=O)COc1ccc(Cl)cc1)c1nnc(-c2ccc(C(C)(C)C)cc2)s1. The number of ether oxygens (including phenoxy) is 1. The van der Waals surface area contributed by atoms with Gasteiger partial charge in [-0.2, -0.15) is 0 Å². The molecule has 29 heavy (non-hydrogen) atoms. The van der Waals surface area contributed by atoms with Crippen LogP contribution in [0.2, 0.25) is 5.02 Å². The third-order valence-corrected chi connectivity index (χ3v) is 5.68.